The van der Waals surface area contributed by atoms with Crippen molar-refractivity contribution in [1.29, 1.82) is 0 Å². The molecule has 1 amide bonds. The first-order chi connectivity index (χ1) is 18.0. The highest BCUT2D eigenvalue weighted by atomic mass is 35.5. The van der Waals surface area contributed by atoms with Crippen molar-refractivity contribution in [2.75, 3.05) is 45.4 Å². The Bertz CT molecular complexity index is 1280. The number of anilines is 1. The van der Waals surface area contributed by atoms with Crippen molar-refractivity contribution in [3.63, 3.8) is 0 Å². The minimum atomic E-state index is -0.307. The number of hydrogen-bond acceptors (Lipinski definition) is 6. The zero-order valence-electron chi connectivity index (χ0n) is 20.5. The third kappa shape index (κ3) is 5.93. The number of halogens is 2. The van der Waals surface area contributed by atoms with E-state index in [1.165, 1.54) is 19.2 Å². The molecule has 37 heavy (non-hydrogen) atoms. The van der Waals surface area contributed by atoms with E-state index in [9.17, 15) is 9.18 Å². The normalized spacial score (nSPS) is 18.0. The number of carbonyl (C=O) groups is 1. The van der Waals surface area contributed by atoms with Crippen LogP contribution >= 0.6 is 11.6 Å². The summed E-state index contributed by atoms with van der Waals surface area (Å²) in [5, 5.41) is 10.4. The maximum Gasteiger partial charge on any atom is 0.259 e. The molecule has 192 valence electrons. The molecule has 1 saturated heterocycles. The van der Waals surface area contributed by atoms with Gasteiger partial charge in [0.05, 0.1) is 44.3 Å². The fourth-order valence-corrected chi connectivity index (χ4v) is 4.76. The lowest BCUT2D eigenvalue weighted by Gasteiger charge is -2.33. The van der Waals surface area contributed by atoms with Gasteiger partial charge in [0.15, 0.2) is 0 Å². The van der Waals surface area contributed by atoms with Crippen LogP contribution in [0, 0.1) is 5.82 Å². The molecule has 0 aromatic heterocycles. The topological polar surface area (TPSA) is 66.4 Å². The van der Waals surface area contributed by atoms with Gasteiger partial charge in [-0.3, -0.25) is 14.7 Å². The predicted octanol–water partition coefficient (Wildman–Crippen LogP) is 5.18. The number of nitrogens with zero attached hydrogens (tertiary/aromatic N) is 3. The summed E-state index contributed by atoms with van der Waals surface area (Å²) in [5.41, 5.74) is 3.94. The van der Waals surface area contributed by atoms with Gasteiger partial charge in [-0.2, -0.15) is 5.10 Å². The molecule has 0 aliphatic carbocycles. The summed E-state index contributed by atoms with van der Waals surface area (Å²) in [6.07, 6.45) is 0.696. The third-order valence-corrected chi connectivity index (χ3v) is 6.82. The molecule has 1 N–H and O–H groups in total. The van der Waals surface area contributed by atoms with E-state index in [1.807, 2.05) is 36.4 Å². The van der Waals surface area contributed by atoms with Gasteiger partial charge < -0.3 is 14.8 Å². The minimum absolute atomic E-state index is 0.00752. The molecule has 1 fully saturated rings. The number of nitrogens with one attached hydrogen (secondary N) is 1. The molecule has 0 bridgehead atoms. The zero-order valence-corrected chi connectivity index (χ0v) is 21.2. The van der Waals surface area contributed by atoms with Gasteiger partial charge in [-0.25, -0.2) is 4.39 Å². The molecule has 0 saturated carbocycles. The van der Waals surface area contributed by atoms with Crippen LogP contribution in [-0.4, -0.2) is 61.6 Å². The Balaban J connectivity index is 1.33. The number of ether oxygens (including phenoxy) is 2. The first-order valence-corrected chi connectivity index (χ1v) is 12.5. The van der Waals surface area contributed by atoms with Crippen LogP contribution in [0.2, 0.25) is 5.02 Å². The summed E-state index contributed by atoms with van der Waals surface area (Å²) < 4.78 is 24.4. The maximum atomic E-state index is 13.6. The van der Waals surface area contributed by atoms with Gasteiger partial charge in [0.2, 0.25) is 0 Å². The summed E-state index contributed by atoms with van der Waals surface area (Å²) in [6.45, 7) is 3.79. The molecule has 2 aliphatic rings. The third-order valence-electron chi connectivity index (χ3n) is 6.58. The van der Waals surface area contributed by atoms with Crippen molar-refractivity contribution in [1.82, 2.24) is 9.91 Å². The van der Waals surface area contributed by atoms with E-state index in [2.05, 4.69) is 15.2 Å². The highest BCUT2D eigenvalue weighted by molar-refractivity contribution is 6.31. The Labute approximate surface area is 220 Å². The van der Waals surface area contributed by atoms with Crippen molar-refractivity contribution < 1.29 is 18.7 Å². The van der Waals surface area contributed by atoms with Crippen LogP contribution in [0.5, 0.6) is 5.75 Å². The van der Waals surface area contributed by atoms with E-state index in [0.29, 0.717) is 48.3 Å². The van der Waals surface area contributed by atoms with Crippen LogP contribution in [-0.2, 0) is 4.74 Å². The summed E-state index contributed by atoms with van der Waals surface area (Å²) in [6, 6.07) is 19.2. The number of rotatable bonds is 7. The SMILES string of the molecule is COc1ccc(Cl)cc1C(=O)Nc1ccc(C2=NN(CN3CCOCC3)C(c3ccc(F)cc3)C2)cc1. The highest BCUT2D eigenvalue weighted by Gasteiger charge is 2.30. The Kier molecular flexibility index (Phi) is 7.69. The highest BCUT2D eigenvalue weighted by Crippen LogP contribution is 2.33. The Morgan fingerprint density at radius 2 is 1.84 bits per heavy atom. The number of amides is 1. The van der Waals surface area contributed by atoms with Gasteiger partial charge >= 0.3 is 0 Å². The van der Waals surface area contributed by atoms with Gasteiger partial charge in [0.1, 0.15) is 11.6 Å². The fourth-order valence-electron chi connectivity index (χ4n) is 4.58. The van der Waals surface area contributed by atoms with Gasteiger partial charge in [-0.05, 0) is 53.6 Å². The first kappa shape index (κ1) is 25.2. The summed E-state index contributed by atoms with van der Waals surface area (Å²) in [5.74, 6) is -0.111. The van der Waals surface area contributed by atoms with Crippen molar-refractivity contribution in [3.05, 3.63) is 94.3 Å². The fraction of sp³-hybridized carbons (Fsp3) is 0.286. The van der Waals surface area contributed by atoms with E-state index >= 15 is 0 Å². The van der Waals surface area contributed by atoms with Crippen molar-refractivity contribution in [2.24, 2.45) is 5.10 Å². The van der Waals surface area contributed by atoms with E-state index in [4.69, 9.17) is 26.2 Å². The van der Waals surface area contributed by atoms with Crippen LogP contribution in [0.1, 0.15) is 33.9 Å². The Hall–Kier alpha value is -3.46. The smallest absolute Gasteiger partial charge is 0.259 e. The van der Waals surface area contributed by atoms with Crippen molar-refractivity contribution in [2.45, 2.75) is 12.5 Å². The molecule has 2 aliphatic heterocycles. The molecule has 7 nitrogen and oxygen atoms in total. The van der Waals surface area contributed by atoms with Crippen LogP contribution in [0.15, 0.2) is 71.8 Å². The average molecular weight is 523 g/mol. The summed E-state index contributed by atoms with van der Waals surface area (Å²) in [4.78, 5) is 15.1. The second-order valence-corrected chi connectivity index (χ2v) is 9.44. The molecule has 1 atom stereocenters. The molecule has 3 aromatic rings. The molecule has 2 heterocycles. The number of methoxy groups -OCH3 is 1. The molecular formula is C28H28ClFN4O3. The van der Waals surface area contributed by atoms with E-state index in [1.54, 1.807) is 18.2 Å². The predicted molar refractivity (Wildman–Crippen MR) is 142 cm³/mol. The van der Waals surface area contributed by atoms with Crippen LogP contribution in [0.3, 0.4) is 0 Å². The number of benzene rings is 3. The monoisotopic (exact) mass is 522 g/mol. The van der Waals surface area contributed by atoms with E-state index in [-0.39, 0.29) is 17.8 Å². The molecule has 5 rings (SSSR count). The standard InChI is InChI=1S/C28H28ClFN4O3/c1-36-27-11-6-21(29)16-24(27)28(35)31-23-9-4-19(5-10-23)25-17-26(20-2-7-22(30)8-3-20)34(32-25)18-33-12-14-37-15-13-33/h2-11,16,26H,12-15,17-18H2,1H3,(H,31,35). The molecular weight excluding hydrogens is 495 g/mol. The molecule has 0 radical (unpaired) electrons. The van der Waals surface area contributed by atoms with Gasteiger partial charge in [-0.15, -0.1) is 0 Å². The lowest BCUT2D eigenvalue weighted by molar-refractivity contribution is 0.00381. The van der Waals surface area contributed by atoms with Gasteiger partial charge in [0, 0.05) is 30.2 Å². The van der Waals surface area contributed by atoms with Crippen LogP contribution in [0.4, 0.5) is 10.1 Å². The Morgan fingerprint density at radius 1 is 1.11 bits per heavy atom. The average Bonchev–Trinajstić information content (AvgIpc) is 3.33. The maximum absolute atomic E-state index is 13.6. The number of morpholine rings is 1. The Morgan fingerprint density at radius 3 is 2.54 bits per heavy atom. The second kappa shape index (κ2) is 11.3. The second-order valence-electron chi connectivity index (χ2n) is 9.01. The number of hydrazone groups is 1. The summed E-state index contributed by atoms with van der Waals surface area (Å²) in [7, 11) is 1.51. The van der Waals surface area contributed by atoms with Gasteiger partial charge in [0.25, 0.3) is 5.91 Å². The van der Waals surface area contributed by atoms with E-state index < -0.39 is 0 Å². The molecule has 1 unspecified atom stereocenters. The molecule has 3 aromatic carbocycles. The minimum Gasteiger partial charge on any atom is -0.496 e. The van der Waals surface area contributed by atoms with Crippen molar-refractivity contribution in [3.8, 4) is 5.75 Å². The number of carbonyl (C=O) groups excluding carboxylic acids is 1. The lowest BCUT2D eigenvalue weighted by atomic mass is 9.98. The summed E-state index contributed by atoms with van der Waals surface area (Å²) >= 11 is 6.07. The molecule has 9 heteroatoms. The molecule has 0 spiro atoms. The largest absolute Gasteiger partial charge is 0.496 e. The quantitative estimate of drug-likeness (QED) is 0.463. The van der Waals surface area contributed by atoms with Crippen molar-refractivity contribution >= 4 is 28.9 Å². The van der Waals surface area contributed by atoms with Crippen LogP contribution < -0.4 is 10.1 Å². The first-order valence-electron chi connectivity index (χ1n) is 12.1. The van der Waals surface area contributed by atoms with Crippen LogP contribution in [0.25, 0.3) is 0 Å². The van der Waals surface area contributed by atoms with E-state index in [0.717, 1.165) is 29.9 Å². The van der Waals surface area contributed by atoms with Gasteiger partial charge in [-0.1, -0.05) is 35.9 Å². The zero-order chi connectivity index (χ0) is 25.8. The number of hydrogen-bond donors (Lipinski definition) is 1. The lowest BCUT2D eigenvalue weighted by Crippen LogP contribution is -2.42.